The largest absolute Gasteiger partial charge is 0.507 e. The molecule has 3 rings (SSSR count). The van der Waals surface area contributed by atoms with E-state index in [4.69, 9.17) is 14.2 Å². The molecule has 1 N–H and O–H groups in total. The van der Waals surface area contributed by atoms with Crippen LogP contribution in [0.1, 0.15) is 51.3 Å². The summed E-state index contributed by atoms with van der Waals surface area (Å²) < 4.78 is 17.0. The molecule has 0 aliphatic carbocycles. The summed E-state index contributed by atoms with van der Waals surface area (Å²) in [5.74, 6) is -0.173. The van der Waals surface area contributed by atoms with Gasteiger partial charge in [0.15, 0.2) is 0 Å². The van der Waals surface area contributed by atoms with Gasteiger partial charge in [-0.2, -0.15) is 0 Å². The summed E-state index contributed by atoms with van der Waals surface area (Å²) in [5, 5.41) is 11.3. The van der Waals surface area contributed by atoms with Crippen molar-refractivity contribution in [1.29, 1.82) is 0 Å². The predicted octanol–water partition coefficient (Wildman–Crippen LogP) is 4.97. The first kappa shape index (κ1) is 26.3. The van der Waals surface area contributed by atoms with Crippen LogP contribution in [-0.4, -0.2) is 54.7 Å². The average Bonchev–Trinajstić information content (AvgIpc) is 3.09. The van der Waals surface area contributed by atoms with Crippen LogP contribution in [-0.2, 0) is 14.3 Å². The number of nitrogens with zero attached hydrogens (tertiary/aromatic N) is 1. The third-order valence-corrected chi connectivity index (χ3v) is 5.66. The zero-order valence-corrected chi connectivity index (χ0v) is 21.1. The topological polar surface area (TPSA) is 85.3 Å². The van der Waals surface area contributed by atoms with Crippen molar-refractivity contribution in [2.75, 3.05) is 26.9 Å². The number of amides is 1. The Balaban J connectivity index is 2.05. The second kappa shape index (κ2) is 11.9. The monoisotopic (exact) mass is 481 g/mol. The smallest absolute Gasteiger partial charge is 0.295 e. The molecule has 2 aromatic rings. The molecule has 2 aromatic carbocycles. The molecule has 0 radical (unpaired) electrons. The average molecular weight is 482 g/mol. The van der Waals surface area contributed by atoms with Crippen LogP contribution >= 0.6 is 0 Å². The van der Waals surface area contributed by atoms with Gasteiger partial charge in [-0.1, -0.05) is 44.2 Å². The Hall–Kier alpha value is -3.32. The Morgan fingerprint density at radius 1 is 1.06 bits per heavy atom. The number of aliphatic hydroxyl groups is 1. The van der Waals surface area contributed by atoms with Crippen LogP contribution in [0.2, 0.25) is 0 Å². The first-order valence-electron chi connectivity index (χ1n) is 12.0. The Morgan fingerprint density at radius 2 is 1.80 bits per heavy atom. The molecular weight excluding hydrogens is 446 g/mol. The Bertz CT molecular complexity index is 1070. The molecule has 188 valence electrons. The highest BCUT2D eigenvalue weighted by Gasteiger charge is 2.46. The van der Waals surface area contributed by atoms with Crippen molar-refractivity contribution in [2.24, 2.45) is 5.92 Å². The van der Waals surface area contributed by atoms with E-state index in [2.05, 4.69) is 0 Å². The van der Waals surface area contributed by atoms with Gasteiger partial charge >= 0.3 is 0 Å². The van der Waals surface area contributed by atoms with Crippen LogP contribution in [0.3, 0.4) is 0 Å². The van der Waals surface area contributed by atoms with Crippen LogP contribution in [0.25, 0.3) is 5.76 Å². The summed E-state index contributed by atoms with van der Waals surface area (Å²) in [5.41, 5.74) is 1.07. The lowest BCUT2D eigenvalue weighted by molar-refractivity contribution is -0.140. The first-order valence-corrected chi connectivity index (χ1v) is 12.0. The van der Waals surface area contributed by atoms with Crippen LogP contribution < -0.4 is 9.47 Å². The molecule has 0 aromatic heterocycles. The molecule has 0 spiro atoms. The van der Waals surface area contributed by atoms with E-state index in [0.717, 1.165) is 0 Å². The molecule has 0 bridgehead atoms. The van der Waals surface area contributed by atoms with E-state index in [1.165, 1.54) is 12.0 Å². The molecule has 35 heavy (non-hydrogen) atoms. The van der Waals surface area contributed by atoms with Gasteiger partial charge in [0.05, 0.1) is 31.4 Å². The molecule has 1 heterocycles. The number of likely N-dealkylation sites (tertiary alicyclic amines) is 1. The van der Waals surface area contributed by atoms with E-state index in [9.17, 15) is 14.7 Å². The number of hydrogen-bond donors (Lipinski definition) is 1. The number of ketones is 1. The van der Waals surface area contributed by atoms with Gasteiger partial charge in [0.25, 0.3) is 11.7 Å². The molecule has 1 aliphatic heterocycles. The quantitative estimate of drug-likeness (QED) is 0.211. The zero-order valence-electron chi connectivity index (χ0n) is 21.1. The summed E-state index contributed by atoms with van der Waals surface area (Å²) in [6.45, 7) is 9.26. The van der Waals surface area contributed by atoms with Crippen LogP contribution in [0.5, 0.6) is 11.5 Å². The van der Waals surface area contributed by atoms with Gasteiger partial charge in [0.1, 0.15) is 17.3 Å². The molecule has 1 fully saturated rings. The fourth-order valence-corrected chi connectivity index (χ4v) is 4.03. The first-order chi connectivity index (χ1) is 16.7. The summed E-state index contributed by atoms with van der Waals surface area (Å²) in [4.78, 5) is 27.9. The lowest BCUT2D eigenvalue weighted by Crippen LogP contribution is -2.31. The maximum absolute atomic E-state index is 13.2. The minimum atomic E-state index is -0.787. The molecule has 7 nitrogen and oxygen atoms in total. The van der Waals surface area contributed by atoms with Gasteiger partial charge in [-0.15, -0.1) is 0 Å². The van der Waals surface area contributed by atoms with E-state index >= 15 is 0 Å². The third kappa shape index (κ3) is 6.22. The van der Waals surface area contributed by atoms with E-state index in [1.807, 2.05) is 45.9 Å². The van der Waals surface area contributed by atoms with Gasteiger partial charge in [-0.25, -0.2) is 0 Å². The van der Waals surface area contributed by atoms with Crippen molar-refractivity contribution in [1.82, 2.24) is 4.90 Å². The number of aliphatic hydroxyl groups excluding tert-OH is 1. The lowest BCUT2D eigenvalue weighted by Gasteiger charge is -2.26. The van der Waals surface area contributed by atoms with Crippen molar-refractivity contribution < 1.29 is 28.9 Å². The van der Waals surface area contributed by atoms with E-state index < -0.39 is 17.7 Å². The standard InChI is InChI=1S/C28H35NO6/c1-18(2)17-35-21-11-8-10-20(16-21)26(30)24-25(22-12-6-7-13-23(22)33-5)29(28(32)27(24)31)14-9-15-34-19(3)4/h6-8,10-13,16,18-19,25,30H,9,14-15,17H2,1-5H3/b26-24-. The van der Waals surface area contributed by atoms with E-state index in [0.29, 0.717) is 54.7 Å². The van der Waals surface area contributed by atoms with Crippen LogP contribution in [0.15, 0.2) is 54.1 Å². The fraction of sp³-hybridized carbons (Fsp3) is 0.429. The van der Waals surface area contributed by atoms with Crippen LogP contribution in [0.4, 0.5) is 0 Å². The normalized spacial score (nSPS) is 17.5. The SMILES string of the molecule is COc1ccccc1C1/C(=C(/O)c2cccc(OCC(C)C)c2)C(=O)C(=O)N1CCCOC(C)C. The minimum absolute atomic E-state index is 0.0327. The summed E-state index contributed by atoms with van der Waals surface area (Å²) in [6, 6.07) is 13.4. The Labute approximate surface area is 207 Å². The van der Waals surface area contributed by atoms with Gasteiger partial charge in [0, 0.05) is 24.3 Å². The third-order valence-electron chi connectivity index (χ3n) is 5.66. The van der Waals surface area contributed by atoms with E-state index in [-0.39, 0.29) is 17.4 Å². The molecular formula is C28H35NO6. The maximum atomic E-state index is 13.2. The van der Waals surface area contributed by atoms with E-state index in [1.54, 1.807) is 30.3 Å². The second-order valence-electron chi connectivity index (χ2n) is 9.24. The number of benzene rings is 2. The number of methoxy groups -OCH3 is 1. The van der Waals surface area contributed by atoms with Gasteiger partial charge in [-0.05, 0) is 44.4 Å². The lowest BCUT2D eigenvalue weighted by atomic mass is 9.94. The van der Waals surface area contributed by atoms with Gasteiger partial charge < -0.3 is 24.2 Å². The summed E-state index contributed by atoms with van der Waals surface area (Å²) >= 11 is 0. The second-order valence-corrected chi connectivity index (χ2v) is 9.24. The van der Waals surface area contributed by atoms with Gasteiger partial charge in [0.2, 0.25) is 0 Å². The van der Waals surface area contributed by atoms with Crippen molar-refractivity contribution in [3.8, 4) is 11.5 Å². The van der Waals surface area contributed by atoms with Crippen molar-refractivity contribution >= 4 is 17.4 Å². The van der Waals surface area contributed by atoms with Crippen molar-refractivity contribution in [3.05, 3.63) is 65.2 Å². The minimum Gasteiger partial charge on any atom is -0.507 e. The van der Waals surface area contributed by atoms with Crippen molar-refractivity contribution in [3.63, 3.8) is 0 Å². The Morgan fingerprint density at radius 3 is 2.49 bits per heavy atom. The molecule has 1 unspecified atom stereocenters. The highest BCUT2D eigenvalue weighted by atomic mass is 16.5. The number of rotatable bonds is 11. The predicted molar refractivity (Wildman–Crippen MR) is 134 cm³/mol. The number of para-hydroxylation sites is 1. The summed E-state index contributed by atoms with van der Waals surface area (Å²) in [7, 11) is 1.54. The fourth-order valence-electron chi connectivity index (χ4n) is 4.03. The summed E-state index contributed by atoms with van der Waals surface area (Å²) in [6.07, 6.45) is 0.621. The Kier molecular flexibility index (Phi) is 8.93. The maximum Gasteiger partial charge on any atom is 0.295 e. The number of hydrogen-bond acceptors (Lipinski definition) is 6. The molecule has 0 saturated carbocycles. The number of carbonyl (C=O) groups excluding carboxylic acids is 2. The number of Topliss-reactive ketones (excluding diaryl/α,β-unsaturated/α-hetero) is 1. The van der Waals surface area contributed by atoms with Crippen LogP contribution in [0, 0.1) is 5.92 Å². The van der Waals surface area contributed by atoms with Gasteiger partial charge in [-0.3, -0.25) is 9.59 Å². The number of carbonyl (C=O) groups is 2. The molecule has 1 amide bonds. The molecule has 1 saturated heterocycles. The van der Waals surface area contributed by atoms with Crippen molar-refractivity contribution in [2.45, 2.75) is 46.3 Å². The number of ether oxygens (including phenoxy) is 3. The molecule has 7 heteroatoms. The molecule has 1 aliphatic rings. The zero-order chi connectivity index (χ0) is 25.5. The molecule has 1 atom stereocenters. The highest BCUT2D eigenvalue weighted by molar-refractivity contribution is 6.46. The highest BCUT2D eigenvalue weighted by Crippen LogP contribution is 2.42.